The van der Waals surface area contributed by atoms with Crippen LogP contribution in [0.25, 0.3) is 21.9 Å². The largest absolute Gasteiger partial charge is 0.496 e. The third-order valence-electron chi connectivity index (χ3n) is 5.31. The molecule has 0 bridgehead atoms. The summed E-state index contributed by atoms with van der Waals surface area (Å²) >= 11 is 0. The van der Waals surface area contributed by atoms with E-state index in [9.17, 15) is 13.2 Å². The molecule has 0 spiro atoms. The van der Waals surface area contributed by atoms with Crippen LogP contribution in [-0.2, 0) is 23.6 Å². The lowest BCUT2D eigenvalue weighted by Gasteiger charge is -2.23. The summed E-state index contributed by atoms with van der Waals surface area (Å²) in [5.41, 5.74) is 2.07. The summed E-state index contributed by atoms with van der Waals surface area (Å²) in [7, 11) is 2.83. The second-order valence-electron chi connectivity index (χ2n) is 7.59. The molecule has 0 aliphatic rings. The molecule has 1 aromatic carbocycles. The Labute approximate surface area is 182 Å². The highest BCUT2D eigenvalue weighted by Crippen LogP contribution is 2.38. The van der Waals surface area contributed by atoms with Gasteiger partial charge in [-0.05, 0) is 43.0 Å². The van der Waals surface area contributed by atoms with Gasteiger partial charge in [-0.25, -0.2) is 12.7 Å². The van der Waals surface area contributed by atoms with Crippen LogP contribution in [0.15, 0.2) is 41.6 Å². The topological polar surface area (TPSA) is 90.7 Å². The summed E-state index contributed by atoms with van der Waals surface area (Å²) in [6, 6.07) is 5.45. The number of benzene rings is 1. The van der Waals surface area contributed by atoms with Crippen molar-refractivity contribution in [2.45, 2.75) is 25.6 Å². The first-order chi connectivity index (χ1) is 14.6. The van der Waals surface area contributed by atoms with E-state index < -0.39 is 15.3 Å². The van der Waals surface area contributed by atoms with Crippen molar-refractivity contribution in [2.24, 2.45) is 7.05 Å². The van der Waals surface area contributed by atoms with Gasteiger partial charge in [0, 0.05) is 44.8 Å². The third kappa shape index (κ3) is 4.15. The number of hydrogen-bond donors (Lipinski definition) is 0. The molecular formula is C22H27N3O5S. The molecule has 0 amide bonds. The van der Waals surface area contributed by atoms with Crippen molar-refractivity contribution in [3.63, 3.8) is 0 Å². The molecular weight excluding hydrogens is 418 g/mol. The van der Waals surface area contributed by atoms with Crippen LogP contribution >= 0.6 is 0 Å². The van der Waals surface area contributed by atoms with E-state index in [2.05, 4.69) is 4.98 Å². The zero-order valence-corrected chi connectivity index (χ0v) is 19.4. The van der Waals surface area contributed by atoms with E-state index in [1.807, 2.05) is 12.1 Å². The monoisotopic (exact) mass is 445 g/mol. The maximum atomic E-state index is 12.5. The molecule has 31 heavy (non-hydrogen) atoms. The number of pyridine rings is 2. The molecule has 0 saturated heterocycles. The lowest BCUT2D eigenvalue weighted by molar-refractivity contribution is 0.370. The average molecular weight is 446 g/mol. The average Bonchev–Trinajstić information content (AvgIpc) is 2.76. The van der Waals surface area contributed by atoms with Crippen LogP contribution in [0.2, 0.25) is 0 Å². The summed E-state index contributed by atoms with van der Waals surface area (Å²) in [6.07, 6.45) is 4.95. The first kappa shape index (κ1) is 22.8. The van der Waals surface area contributed by atoms with E-state index in [0.717, 1.165) is 16.5 Å². The fourth-order valence-electron chi connectivity index (χ4n) is 3.51. The summed E-state index contributed by atoms with van der Waals surface area (Å²) in [6.45, 7) is 3.39. The summed E-state index contributed by atoms with van der Waals surface area (Å²) in [4.78, 5) is 16.6. The van der Waals surface area contributed by atoms with E-state index in [1.165, 1.54) is 30.1 Å². The Kier molecular flexibility index (Phi) is 6.38. The molecule has 0 atom stereocenters. The molecule has 3 aromatic rings. The highest BCUT2D eigenvalue weighted by Gasteiger charge is 2.25. The van der Waals surface area contributed by atoms with Gasteiger partial charge in [-0.2, -0.15) is 0 Å². The maximum absolute atomic E-state index is 12.5. The number of rotatable bonds is 7. The molecule has 2 aromatic heterocycles. The molecule has 9 heteroatoms. The van der Waals surface area contributed by atoms with E-state index in [0.29, 0.717) is 22.4 Å². The number of ether oxygens (including phenoxy) is 2. The van der Waals surface area contributed by atoms with Gasteiger partial charge in [-0.3, -0.25) is 9.78 Å². The van der Waals surface area contributed by atoms with Crippen molar-refractivity contribution in [2.75, 3.05) is 21.3 Å². The molecule has 2 heterocycles. The predicted octanol–water partition coefficient (Wildman–Crippen LogP) is 2.79. The predicted molar refractivity (Wildman–Crippen MR) is 121 cm³/mol. The summed E-state index contributed by atoms with van der Waals surface area (Å²) in [5, 5.41) is 0.723. The van der Waals surface area contributed by atoms with Crippen molar-refractivity contribution < 1.29 is 17.9 Å². The van der Waals surface area contributed by atoms with Crippen molar-refractivity contribution in [1.29, 1.82) is 0 Å². The smallest absolute Gasteiger partial charge is 0.259 e. The Balaban J connectivity index is 2.20. The first-order valence-corrected chi connectivity index (χ1v) is 11.3. The van der Waals surface area contributed by atoms with Crippen molar-refractivity contribution in [1.82, 2.24) is 13.9 Å². The minimum Gasteiger partial charge on any atom is -0.496 e. The van der Waals surface area contributed by atoms with E-state index in [4.69, 9.17) is 9.47 Å². The van der Waals surface area contributed by atoms with Gasteiger partial charge in [0.2, 0.25) is 10.0 Å². The number of aryl methyl sites for hydroxylation is 1. The SMILES string of the molecule is COc1cc(-c2cn(C)c(=O)c3cnccc23)cc(OC)c1CN(C)S(=O)(=O)C(C)C. The summed E-state index contributed by atoms with van der Waals surface area (Å²) < 4.78 is 39.1. The Bertz CT molecular complexity index is 1260. The second kappa shape index (κ2) is 8.68. The third-order valence-corrected chi connectivity index (χ3v) is 7.50. The van der Waals surface area contributed by atoms with Gasteiger partial charge >= 0.3 is 0 Å². The highest BCUT2D eigenvalue weighted by molar-refractivity contribution is 7.89. The number of hydrogen-bond acceptors (Lipinski definition) is 6. The van der Waals surface area contributed by atoms with E-state index in [-0.39, 0.29) is 12.1 Å². The van der Waals surface area contributed by atoms with E-state index >= 15 is 0 Å². The van der Waals surface area contributed by atoms with Gasteiger partial charge in [0.25, 0.3) is 5.56 Å². The minimum absolute atomic E-state index is 0.102. The van der Waals surface area contributed by atoms with Crippen LogP contribution in [0.1, 0.15) is 19.4 Å². The molecule has 8 nitrogen and oxygen atoms in total. The van der Waals surface area contributed by atoms with Gasteiger partial charge in [-0.1, -0.05) is 0 Å². The Morgan fingerprint density at radius 3 is 2.29 bits per heavy atom. The molecule has 0 saturated carbocycles. The lowest BCUT2D eigenvalue weighted by atomic mass is 9.99. The quantitative estimate of drug-likeness (QED) is 0.555. The van der Waals surface area contributed by atoms with Crippen LogP contribution in [0.4, 0.5) is 0 Å². The van der Waals surface area contributed by atoms with Gasteiger partial charge in [0.05, 0.1) is 30.4 Å². The Morgan fingerprint density at radius 1 is 1.13 bits per heavy atom. The van der Waals surface area contributed by atoms with Gasteiger partial charge < -0.3 is 14.0 Å². The number of nitrogens with zero attached hydrogens (tertiary/aromatic N) is 3. The van der Waals surface area contributed by atoms with Crippen molar-refractivity contribution in [3.05, 3.63) is 52.7 Å². The van der Waals surface area contributed by atoms with Crippen LogP contribution in [-0.4, -0.2) is 48.8 Å². The molecule has 3 rings (SSSR count). The molecule has 166 valence electrons. The normalized spacial score (nSPS) is 12.0. The number of aromatic nitrogens is 2. The van der Waals surface area contributed by atoms with E-state index in [1.54, 1.807) is 45.6 Å². The fraction of sp³-hybridized carbons (Fsp3) is 0.364. The van der Waals surface area contributed by atoms with Crippen LogP contribution in [0.3, 0.4) is 0 Å². The Morgan fingerprint density at radius 2 is 1.74 bits per heavy atom. The minimum atomic E-state index is -3.45. The fourth-order valence-corrected chi connectivity index (χ4v) is 4.54. The van der Waals surface area contributed by atoms with Crippen molar-refractivity contribution >= 4 is 20.8 Å². The van der Waals surface area contributed by atoms with Crippen LogP contribution < -0.4 is 15.0 Å². The standard InChI is InChI=1S/C22H27N3O5S/c1-14(2)31(27,28)25(4)13-19-20(29-5)9-15(10-21(19)30-6)18-12-24(3)22(26)17-11-23-8-7-16(17)18/h7-12,14H,13H2,1-6H3. The zero-order valence-electron chi connectivity index (χ0n) is 18.5. The van der Waals surface area contributed by atoms with Gasteiger partial charge in [-0.15, -0.1) is 0 Å². The number of fused-ring (bicyclic) bond motifs is 1. The molecule has 0 unspecified atom stereocenters. The molecule has 0 N–H and O–H groups in total. The lowest BCUT2D eigenvalue weighted by Crippen LogP contribution is -2.32. The Hall–Kier alpha value is -2.91. The zero-order chi connectivity index (χ0) is 22.9. The number of methoxy groups -OCH3 is 2. The molecule has 0 aliphatic carbocycles. The maximum Gasteiger partial charge on any atom is 0.259 e. The van der Waals surface area contributed by atoms with Gasteiger partial charge in [0.1, 0.15) is 11.5 Å². The first-order valence-electron chi connectivity index (χ1n) is 9.75. The highest BCUT2D eigenvalue weighted by atomic mass is 32.2. The number of sulfonamides is 1. The van der Waals surface area contributed by atoms with Gasteiger partial charge in [0.15, 0.2) is 0 Å². The summed E-state index contributed by atoms with van der Waals surface area (Å²) in [5.74, 6) is 0.993. The molecule has 0 aliphatic heterocycles. The van der Waals surface area contributed by atoms with Crippen LogP contribution in [0.5, 0.6) is 11.5 Å². The van der Waals surface area contributed by atoms with Crippen LogP contribution in [0, 0.1) is 0 Å². The van der Waals surface area contributed by atoms with Crippen molar-refractivity contribution in [3.8, 4) is 22.6 Å². The molecule has 0 radical (unpaired) electrons. The second-order valence-corrected chi connectivity index (χ2v) is 10.2. The molecule has 0 fully saturated rings.